The summed E-state index contributed by atoms with van der Waals surface area (Å²) in [7, 11) is 0. The van der Waals surface area contributed by atoms with Crippen LogP contribution in [0.2, 0.25) is 0 Å². The van der Waals surface area contributed by atoms with Crippen LogP contribution in [0.15, 0.2) is 60.8 Å². The Labute approximate surface area is 227 Å². The SMILES string of the molecule is Cc1ccc(NC(=O)Oc2ccnc(N3CCOCC3)c2)cc1NC(=O)c1ccc(CN2CCC(O)C2)cc1. The molecule has 39 heavy (non-hydrogen) atoms. The lowest BCUT2D eigenvalue weighted by atomic mass is 10.1. The van der Waals surface area contributed by atoms with Crippen molar-refractivity contribution in [3.8, 4) is 5.75 Å². The quantitative estimate of drug-likeness (QED) is 0.423. The molecule has 3 heterocycles. The predicted octanol–water partition coefficient (Wildman–Crippen LogP) is 3.66. The first-order valence-electron chi connectivity index (χ1n) is 13.1. The van der Waals surface area contributed by atoms with Crippen LogP contribution in [0.1, 0.15) is 27.9 Å². The number of hydrogen-bond acceptors (Lipinski definition) is 8. The molecule has 2 aliphatic heterocycles. The van der Waals surface area contributed by atoms with E-state index in [1.54, 1.807) is 42.6 Å². The Morgan fingerprint density at radius 3 is 2.59 bits per heavy atom. The van der Waals surface area contributed by atoms with Crippen LogP contribution in [-0.2, 0) is 11.3 Å². The highest BCUT2D eigenvalue weighted by atomic mass is 16.6. The molecule has 2 aromatic carbocycles. The van der Waals surface area contributed by atoms with Crippen LogP contribution in [-0.4, -0.2) is 72.5 Å². The highest BCUT2D eigenvalue weighted by molar-refractivity contribution is 6.05. The van der Waals surface area contributed by atoms with E-state index in [0.29, 0.717) is 42.4 Å². The molecule has 5 rings (SSSR count). The van der Waals surface area contributed by atoms with Gasteiger partial charge in [0.2, 0.25) is 0 Å². The number of benzene rings is 2. The summed E-state index contributed by atoms with van der Waals surface area (Å²) in [6.45, 7) is 6.91. The topological polar surface area (TPSA) is 116 Å². The molecule has 2 amide bonds. The van der Waals surface area contributed by atoms with Gasteiger partial charge in [0.15, 0.2) is 0 Å². The van der Waals surface area contributed by atoms with Gasteiger partial charge >= 0.3 is 6.09 Å². The number of hydrogen-bond donors (Lipinski definition) is 3. The molecule has 0 radical (unpaired) electrons. The van der Waals surface area contributed by atoms with Crippen LogP contribution in [0.4, 0.5) is 22.0 Å². The summed E-state index contributed by atoms with van der Waals surface area (Å²) in [5, 5.41) is 15.4. The van der Waals surface area contributed by atoms with Crippen molar-refractivity contribution in [2.45, 2.75) is 26.0 Å². The van der Waals surface area contributed by atoms with E-state index in [9.17, 15) is 14.7 Å². The fraction of sp³-hybridized carbons (Fsp3) is 0.345. The summed E-state index contributed by atoms with van der Waals surface area (Å²) in [5.41, 5.74) is 3.56. The van der Waals surface area contributed by atoms with Gasteiger partial charge in [-0.1, -0.05) is 18.2 Å². The Bertz CT molecular complexity index is 1310. The van der Waals surface area contributed by atoms with Crippen molar-refractivity contribution in [1.82, 2.24) is 9.88 Å². The molecule has 0 spiro atoms. The second-order valence-electron chi connectivity index (χ2n) is 9.82. The van der Waals surface area contributed by atoms with Crippen molar-refractivity contribution in [3.05, 3.63) is 77.5 Å². The Morgan fingerprint density at radius 1 is 1.05 bits per heavy atom. The minimum atomic E-state index is -0.642. The van der Waals surface area contributed by atoms with E-state index in [4.69, 9.17) is 9.47 Å². The third kappa shape index (κ3) is 7.11. The van der Waals surface area contributed by atoms with Crippen molar-refractivity contribution >= 4 is 29.2 Å². The normalized spacial score (nSPS) is 17.6. The lowest BCUT2D eigenvalue weighted by Crippen LogP contribution is -2.36. The number of pyridine rings is 1. The molecule has 3 N–H and O–H groups in total. The summed E-state index contributed by atoms with van der Waals surface area (Å²) in [5.74, 6) is 0.870. The van der Waals surface area contributed by atoms with Crippen LogP contribution < -0.4 is 20.3 Å². The van der Waals surface area contributed by atoms with E-state index in [0.717, 1.165) is 49.5 Å². The number of aliphatic hydroxyl groups is 1. The van der Waals surface area contributed by atoms with E-state index in [-0.39, 0.29) is 12.0 Å². The number of nitrogens with zero attached hydrogens (tertiary/aromatic N) is 3. The molecule has 2 saturated heterocycles. The van der Waals surface area contributed by atoms with Crippen LogP contribution in [0.5, 0.6) is 5.75 Å². The van der Waals surface area contributed by atoms with Crippen molar-refractivity contribution in [2.75, 3.05) is 54.9 Å². The number of nitrogens with one attached hydrogen (secondary N) is 2. The number of likely N-dealkylation sites (tertiary alicyclic amines) is 1. The molecule has 1 atom stereocenters. The van der Waals surface area contributed by atoms with Crippen molar-refractivity contribution in [2.24, 2.45) is 0 Å². The van der Waals surface area contributed by atoms with Crippen LogP contribution >= 0.6 is 0 Å². The third-order valence-corrected chi connectivity index (χ3v) is 6.86. The molecule has 0 saturated carbocycles. The number of carbonyl (C=O) groups is 2. The molecular weight excluding hydrogens is 498 g/mol. The molecule has 0 aliphatic carbocycles. The number of aryl methyl sites for hydroxylation is 1. The third-order valence-electron chi connectivity index (χ3n) is 6.86. The van der Waals surface area contributed by atoms with Gasteiger partial charge in [-0.05, 0) is 54.8 Å². The fourth-order valence-corrected chi connectivity index (χ4v) is 4.68. The summed E-state index contributed by atoms with van der Waals surface area (Å²) in [6, 6.07) is 16.1. The standard InChI is InChI=1S/C29H33N5O5/c1-20-2-7-23(31-29(37)39-25-8-10-30-27(17-25)34-12-14-38-15-13-34)16-26(20)32-28(36)22-5-3-21(4-6-22)18-33-11-9-24(35)19-33/h2-8,10,16-17,24,35H,9,11-15,18-19H2,1H3,(H,31,37)(H,32,36). The maximum Gasteiger partial charge on any atom is 0.417 e. The lowest BCUT2D eigenvalue weighted by molar-refractivity contribution is 0.102. The van der Waals surface area contributed by atoms with Gasteiger partial charge in [-0.3, -0.25) is 15.0 Å². The van der Waals surface area contributed by atoms with E-state index < -0.39 is 6.09 Å². The van der Waals surface area contributed by atoms with E-state index in [2.05, 4.69) is 25.4 Å². The number of β-amino-alcohol motifs (C(OH)–C–C–N with tert-alkyl or cyclic N) is 1. The van der Waals surface area contributed by atoms with E-state index in [1.165, 1.54) is 0 Å². The molecular formula is C29H33N5O5. The van der Waals surface area contributed by atoms with Crippen molar-refractivity contribution in [3.63, 3.8) is 0 Å². The molecule has 204 valence electrons. The number of anilines is 3. The number of amides is 2. The minimum absolute atomic E-state index is 0.242. The first kappa shape index (κ1) is 26.6. The van der Waals surface area contributed by atoms with Crippen LogP contribution in [0, 0.1) is 6.92 Å². The largest absolute Gasteiger partial charge is 0.417 e. The van der Waals surface area contributed by atoms with Gasteiger partial charge in [0.1, 0.15) is 11.6 Å². The average Bonchev–Trinajstić information content (AvgIpc) is 3.35. The maximum absolute atomic E-state index is 12.9. The zero-order valence-corrected chi connectivity index (χ0v) is 21.9. The van der Waals surface area contributed by atoms with Gasteiger partial charge in [0.25, 0.3) is 5.91 Å². The molecule has 2 aliphatic rings. The Kier molecular flexibility index (Phi) is 8.36. The van der Waals surface area contributed by atoms with Gasteiger partial charge in [0, 0.05) is 61.9 Å². The molecule has 0 bridgehead atoms. The molecule has 2 fully saturated rings. The van der Waals surface area contributed by atoms with Gasteiger partial charge in [0.05, 0.1) is 19.3 Å². The molecule has 1 aromatic heterocycles. The second kappa shape index (κ2) is 12.2. The fourth-order valence-electron chi connectivity index (χ4n) is 4.68. The highest BCUT2D eigenvalue weighted by Crippen LogP contribution is 2.23. The Morgan fingerprint density at radius 2 is 1.85 bits per heavy atom. The lowest BCUT2D eigenvalue weighted by Gasteiger charge is -2.27. The van der Waals surface area contributed by atoms with Gasteiger partial charge < -0.3 is 24.8 Å². The number of ether oxygens (including phenoxy) is 2. The number of morpholine rings is 1. The summed E-state index contributed by atoms with van der Waals surface area (Å²) < 4.78 is 10.9. The molecule has 10 nitrogen and oxygen atoms in total. The second-order valence-corrected chi connectivity index (χ2v) is 9.82. The zero-order valence-electron chi connectivity index (χ0n) is 21.9. The van der Waals surface area contributed by atoms with Gasteiger partial charge in [-0.2, -0.15) is 0 Å². The Balaban J connectivity index is 1.17. The highest BCUT2D eigenvalue weighted by Gasteiger charge is 2.20. The smallest absolute Gasteiger partial charge is 0.410 e. The number of aliphatic hydroxyl groups excluding tert-OH is 1. The monoisotopic (exact) mass is 531 g/mol. The summed E-state index contributed by atoms with van der Waals surface area (Å²) in [6.07, 6.45) is 1.51. The maximum atomic E-state index is 12.9. The van der Waals surface area contributed by atoms with E-state index in [1.807, 2.05) is 25.1 Å². The minimum Gasteiger partial charge on any atom is -0.410 e. The first-order chi connectivity index (χ1) is 18.9. The van der Waals surface area contributed by atoms with Gasteiger partial charge in [-0.25, -0.2) is 9.78 Å². The number of rotatable bonds is 7. The van der Waals surface area contributed by atoms with Crippen molar-refractivity contribution < 1.29 is 24.2 Å². The predicted molar refractivity (Wildman–Crippen MR) is 148 cm³/mol. The Hall–Kier alpha value is -3.99. The average molecular weight is 532 g/mol. The zero-order chi connectivity index (χ0) is 27.2. The van der Waals surface area contributed by atoms with Crippen molar-refractivity contribution in [1.29, 1.82) is 0 Å². The molecule has 3 aromatic rings. The number of aromatic nitrogens is 1. The molecule has 1 unspecified atom stereocenters. The summed E-state index contributed by atoms with van der Waals surface area (Å²) >= 11 is 0. The van der Waals surface area contributed by atoms with Crippen LogP contribution in [0.3, 0.4) is 0 Å². The number of carbonyl (C=O) groups excluding carboxylic acids is 2. The molecule has 10 heteroatoms. The van der Waals surface area contributed by atoms with Crippen LogP contribution in [0.25, 0.3) is 0 Å². The first-order valence-corrected chi connectivity index (χ1v) is 13.1. The van der Waals surface area contributed by atoms with E-state index >= 15 is 0 Å². The summed E-state index contributed by atoms with van der Waals surface area (Å²) in [4.78, 5) is 34.2. The van der Waals surface area contributed by atoms with Gasteiger partial charge in [-0.15, -0.1) is 0 Å².